The van der Waals surface area contributed by atoms with Crippen LogP contribution in [0.3, 0.4) is 0 Å². The van der Waals surface area contributed by atoms with Gasteiger partial charge in [-0.1, -0.05) is 12.2 Å². The van der Waals surface area contributed by atoms with Crippen LogP contribution in [0.15, 0.2) is 36.4 Å². The number of amides is 2. The Morgan fingerprint density at radius 2 is 1.60 bits per heavy atom. The van der Waals surface area contributed by atoms with E-state index in [1.807, 2.05) is 0 Å². The smallest absolute Gasteiger partial charge is 0.338 e. The van der Waals surface area contributed by atoms with Gasteiger partial charge in [-0.15, -0.1) is 0 Å². The lowest BCUT2D eigenvalue weighted by Gasteiger charge is -2.37. The van der Waals surface area contributed by atoms with Crippen molar-refractivity contribution in [3.63, 3.8) is 0 Å². The quantitative estimate of drug-likeness (QED) is 0.483. The van der Waals surface area contributed by atoms with Crippen LogP contribution in [0.4, 0.5) is 5.69 Å². The molecule has 2 amide bonds. The maximum absolute atomic E-state index is 13.0. The molecule has 1 aromatic rings. The van der Waals surface area contributed by atoms with E-state index >= 15 is 0 Å². The predicted molar refractivity (Wildman–Crippen MR) is 89.6 cm³/mol. The Morgan fingerprint density at radius 3 is 2.12 bits per heavy atom. The third kappa shape index (κ3) is 1.92. The molecule has 0 spiro atoms. The number of benzene rings is 1. The molecule has 2 bridgehead atoms. The summed E-state index contributed by atoms with van der Waals surface area (Å²) >= 11 is 0. The van der Waals surface area contributed by atoms with Crippen molar-refractivity contribution in [1.82, 2.24) is 0 Å². The number of hydrogen-bond donors (Lipinski definition) is 0. The summed E-state index contributed by atoms with van der Waals surface area (Å²) < 4.78 is 4.97. The fraction of sp³-hybridized carbons (Fsp3) is 0.450. The van der Waals surface area contributed by atoms with E-state index in [1.165, 1.54) is 4.90 Å². The molecule has 0 N–H and O–H groups in total. The molecule has 25 heavy (non-hydrogen) atoms. The third-order valence-electron chi connectivity index (χ3n) is 6.30. The fourth-order valence-corrected chi connectivity index (χ4v) is 5.17. The zero-order chi connectivity index (χ0) is 17.3. The van der Waals surface area contributed by atoms with E-state index in [-0.39, 0.29) is 35.5 Å². The number of allylic oxidation sites excluding steroid dienone is 2. The molecule has 6 atom stereocenters. The van der Waals surface area contributed by atoms with Crippen molar-refractivity contribution < 1.29 is 19.1 Å². The summed E-state index contributed by atoms with van der Waals surface area (Å²) in [5.74, 6) is 0.682. The van der Waals surface area contributed by atoms with Gasteiger partial charge in [0.1, 0.15) is 0 Å². The Kier molecular flexibility index (Phi) is 3.00. The van der Waals surface area contributed by atoms with E-state index in [2.05, 4.69) is 12.2 Å². The molecule has 6 rings (SSSR count). The number of anilines is 1. The van der Waals surface area contributed by atoms with E-state index in [4.69, 9.17) is 4.74 Å². The van der Waals surface area contributed by atoms with E-state index in [1.54, 1.807) is 31.2 Å². The zero-order valence-corrected chi connectivity index (χ0v) is 13.9. The standard InChI is InChI=1S/C20H19NO4/c1-2-25-20(24)10-3-5-11(6-4-10)21-18(22)16-12-7-8-13(15-9-14(12)15)17(16)19(21)23/h3-8,12-17H,2,9H2,1H3/t12-,13+,14+,15-,16+,17-. The van der Waals surface area contributed by atoms with Crippen molar-refractivity contribution in [1.29, 1.82) is 0 Å². The molecule has 2 saturated carbocycles. The second-order valence-electron chi connectivity index (χ2n) is 7.43. The average molecular weight is 337 g/mol. The van der Waals surface area contributed by atoms with E-state index < -0.39 is 5.97 Å². The predicted octanol–water partition coefficient (Wildman–Crippen LogP) is 2.42. The van der Waals surface area contributed by atoms with E-state index in [9.17, 15) is 14.4 Å². The van der Waals surface area contributed by atoms with Crippen molar-refractivity contribution in [2.45, 2.75) is 13.3 Å². The fourth-order valence-electron chi connectivity index (χ4n) is 5.17. The maximum atomic E-state index is 13.0. The van der Waals surface area contributed by atoms with Crippen molar-refractivity contribution >= 4 is 23.5 Å². The molecule has 3 fully saturated rings. The summed E-state index contributed by atoms with van der Waals surface area (Å²) in [7, 11) is 0. The highest BCUT2D eigenvalue weighted by Crippen LogP contribution is 2.65. The molecule has 0 aromatic heterocycles. The van der Waals surface area contributed by atoms with Crippen LogP contribution < -0.4 is 4.90 Å². The zero-order valence-electron chi connectivity index (χ0n) is 13.9. The number of nitrogens with zero attached hydrogens (tertiary/aromatic N) is 1. The number of rotatable bonds is 3. The molecule has 1 heterocycles. The molecule has 1 aliphatic heterocycles. The molecule has 5 heteroatoms. The molecule has 1 saturated heterocycles. The average Bonchev–Trinajstić information content (AvgIpc) is 3.40. The summed E-state index contributed by atoms with van der Waals surface area (Å²) in [6.07, 6.45) is 5.49. The molecule has 4 aliphatic carbocycles. The Morgan fingerprint density at radius 1 is 1.04 bits per heavy atom. The summed E-state index contributed by atoms with van der Waals surface area (Å²) in [6, 6.07) is 6.55. The van der Waals surface area contributed by atoms with Crippen molar-refractivity contribution in [2.24, 2.45) is 35.5 Å². The number of imide groups is 1. The van der Waals surface area contributed by atoms with Gasteiger partial charge in [-0.3, -0.25) is 14.5 Å². The van der Waals surface area contributed by atoms with Gasteiger partial charge < -0.3 is 4.74 Å². The van der Waals surface area contributed by atoms with E-state index in [0.29, 0.717) is 29.7 Å². The first kappa shape index (κ1) is 14.9. The van der Waals surface area contributed by atoms with Gasteiger partial charge in [-0.25, -0.2) is 4.79 Å². The number of carbonyl (C=O) groups is 3. The van der Waals surface area contributed by atoms with Crippen LogP contribution in [0.1, 0.15) is 23.7 Å². The highest BCUT2D eigenvalue weighted by Gasteiger charge is 2.67. The van der Waals surface area contributed by atoms with Gasteiger partial charge in [0.25, 0.3) is 0 Å². The molecular weight excluding hydrogens is 318 g/mol. The summed E-state index contributed by atoms with van der Waals surface area (Å²) in [5.41, 5.74) is 0.968. The molecule has 5 aliphatic rings. The van der Waals surface area contributed by atoms with Crippen LogP contribution in [-0.4, -0.2) is 24.4 Å². The second-order valence-corrected chi connectivity index (χ2v) is 7.43. The molecule has 1 aromatic carbocycles. The summed E-state index contributed by atoms with van der Waals surface area (Å²) in [5, 5.41) is 0. The van der Waals surface area contributed by atoms with Crippen LogP contribution in [0, 0.1) is 35.5 Å². The van der Waals surface area contributed by atoms with Gasteiger partial charge in [0.2, 0.25) is 11.8 Å². The van der Waals surface area contributed by atoms with Gasteiger partial charge in [-0.2, -0.15) is 0 Å². The maximum Gasteiger partial charge on any atom is 0.338 e. The van der Waals surface area contributed by atoms with Crippen LogP contribution >= 0.6 is 0 Å². The Labute approximate surface area is 145 Å². The summed E-state index contributed by atoms with van der Waals surface area (Å²) in [6.45, 7) is 2.06. The Balaban J connectivity index is 1.45. The van der Waals surface area contributed by atoms with E-state index in [0.717, 1.165) is 6.42 Å². The van der Waals surface area contributed by atoms with Gasteiger partial charge in [0.15, 0.2) is 0 Å². The number of hydrogen-bond acceptors (Lipinski definition) is 4. The highest BCUT2D eigenvalue weighted by atomic mass is 16.5. The molecule has 0 radical (unpaired) electrons. The van der Waals surface area contributed by atoms with Crippen LogP contribution in [0.2, 0.25) is 0 Å². The first-order valence-corrected chi connectivity index (χ1v) is 8.95. The molecule has 0 unspecified atom stereocenters. The van der Waals surface area contributed by atoms with Gasteiger partial charge >= 0.3 is 5.97 Å². The lowest BCUT2D eigenvalue weighted by molar-refractivity contribution is -0.124. The topological polar surface area (TPSA) is 63.7 Å². The lowest BCUT2D eigenvalue weighted by Crippen LogP contribution is -2.40. The van der Waals surface area contributed by atoms with Gasteiger partial charge in [-0.05, 0) is 61.3 Å². The van der Waals surface area contributed by atoms with Crippen molar-refractivity contribution in [2.75, 3.05) is 11.5 Å². The third-order valence-corrected chi connectivity index (χ3v) is 6.30. The lowest BCUT2D eigenvalue weighted by atomic mass is 9.63. The first-order valence-electron chi connectivity index (χ1n) is 8.95. The number of ether oxygens (including phenoxy) is 1. The molecular formula is C20H19NO4. The van der Waals surface area contributed by atoms with Gasteiger partial charge in [0.05, 0.1) is 29.7 Å². The SMILES string of the molecule is CCOC(=O)c1ccc(N2C(=O)[C@@H]3[C@H]4C=C[C@H]([C@@H]5C[C@H]45)[C@@H]3C2=O)cc1. The van der Waals surface area contributed by atoms with Crippen LogP contribution in [0.5, 0.6) is 0 Å². The van der Waals surface area contributed by atoms with Crippen molar-refractivity contribution in [3.05, 3.63) is 42.0 Å². The normalized spacial score (nSPS) is 37.1. The van der Waals surface area contributed by atoms with Crippen molar-refractivity contribution in [3.8, 4) is 0 Å². The summed E-state index contributed by atoms with van der Waals surface area (Å²) in [4.78, 5) is 39.1. The Hall–Kier alpha value is -2.43. The highest BCUT2D eigenvalue weighted by molar-refractivity contribution is 6.22. The number of esters is 1. The van der Waals surface area contributed by atoms with Crippen LogP contribution in [0.25, 0.3) is 0 Å². The first-order chi connectivity index (χ1) is 12.1. The minimum absolute atomic E-state index is 0.0800. The minimum atomic E-state index is -0.399. The van der Waals surface area contributed by atoms with Crippen LogP contribution in [-0.2, 0) is 14.3 Å². The monoisotopic (exact) mass is 337 g/mol. The molecule has 128 valence electrons. The largest absolute Gasteiger partial charge is 0.462 e. The number of carbonyl (C=O) groups excluding carboxylic acids is 3. The minimum Gasteiger partial charge on any atom is -0.462 e. The second kappa shape index (κ2) is 5.04. The molecule has 5 nitrogen and oxygen atoms in total. The Bertz CT molecular complexity index is 775. The van der Waals surface area contributed by atoms with Gasteiger partial charge in [0, 0.05) is 0 Å².